The maximum Gasteiger partial charge on any atom is 0.243 e. The Morgan fingerprint density at radius 3 is 2.27 bits per heavy atom. The van der Waals surface area contributed by atoms with E-state index in [1.54, 1.807) is 0 Å². The Kier molecular flexibility index (Phi) is 7.23. The Balaban J connectivity index is 1.55. The molecule has 0 aliphatic carbocycles. The first-order valence-corrected chi connectivity index (χ1v) is 11.5. The molecule has 0 bridgehead atoms. The largest absolute Gasteiger partial charge is 0.352 e. The van der Waals surface area contributed by atoms with Gasteiger partial charge in [0, 0.05) is 32.1 Å². The summed E-state index contributed by atoms with van der Waals surface area (Å²) in [6, 6.07) is 12.8. The average molecular weight is 434 g/mol. The van der Waals surface area contributed by atoms with E-state index in [1.165, 1.54) is 22.0 Å². The lowest BCUT2D eigenvalue weighted by atomic mass is 9.97. The summed E-state index contributed by atoms with van der Waals surface area (Å²) in [5.74, 6) is -0.740. The molecule has 1 aliphatic heterocycles. The molecule has 162 valence electrons. The van der Waals surface area contributed by atoms with Crippen LogP contribution in [0.5, 0.6) is 0 Å². The van der Waals surface area contributed by atoms with Crippen LogP contribution in [0, 0.1) is 11.7 Å². The van der Waals surface area contributed by atoms with Gasteiger partial charge in [0.1, 0.15) is 5.82 Å². The second-order valence-corrected chi connectivity index (χ2v) is 9.79. The van der Waals surface area contributed by atoms with E-state index in [-0.39, 0.29) is 29.8 Å². The van der Waals surface area contributed by atoms with Crippen LogP contribution in [0.15, 0.2) is 53.4 Å². The standard InChI is InChI=1S/C22H28FN3O3S/c1-25(2)16-19-6-4-3-5-18(19)15-24-22(27)17-11-13-26(14-12-17)30(28,29)21-9-7-20(23)8-10-21/h3-10,17H,11-16H2,1-2H3,(H,24,27). The SMILES string of the molecule is CN(C)Cc1ccccc1CNC(=O)C1CCN(S(=O)(=O)c2ccc(F)cc2)CC1. The minimum Gasteiger partial charge on any atom is -0.352 e. The van der Waals surface area contributed by atoms with E-state index in [2.05, 4.69) is 16.3 Å². The fourth-order valence-electron chi connectivity index (χ4n) is 3.67. The number of carbonyl (C=O) groups excluding carboxylic acids is 1. The van der Waals surface area contributed by atoms with E-state index >= 15 is 0 Å². The highest BCUT2D eigenvalue weighted by Gasteiger charge is 2.32. The maximum absolute atomic E-state index is 13.1. The van der Waals surface area contributed by atoms with Crippen molar-refractivity contribution in [2.24, 2.45) is 5.92 Å². The number of sulfonamides is 1. The molecular weight excluding hydrogens is 405 g/mol. The number of amides is 1. The van der Waals surface area contributed by atoms with Crippen molar-refractivity contribution >= 4 is 15.9 Å². The summed E-state index contributed by atoms with van der Waals surface area (Å²) in [7, 11) is 0.336. The topological polar surface area (TPSA) is 69.7 Å². The molecule has 0 spiro atoms. The molecule has 30 heavy (non-hydrogen) atoms. The highest BCUT2D eigenvalue weighted by atomic mass is 32.2. The first kappa shape index (κ1) is 22.4. The minimum atomic E-state index is -3.67. The van der Waals surface area contributed by atoms with Crippen LogP contribution in [-0.4, -0.2) is 50.7 Å². The van der Waals surface area contributed by atoms with Crippen molar-refractivity contribution < 1.29 is 17.6 Å². The normalized spacial score (nSPS) is 16.0. The monoisotopic (exact) mass is 433 g/mol. The van der Waals surface area contributed by atoms with Crippen molar-refractivity contribution in [2.45, 2.75) is 30.8 Å². The number of piperidine rings is 1. The van der Waals surface area contributed by atoms with Crippen LogP contribution in [0.1, 0.15) is 24.0 Å². The van der Waals surface area contributed by atoms with Crippen LogP contribution in [0.4, 0.5) is 4.39 Å². The number of nitrogens with one attached hydrogen (secondary N) is 1. The summed E-state index contributed by atoms with van der Waals surface area (Å²) < 4.78 is 39.9. The predicted octanol–water partition coefficient (Wildman–Crippen LogP) is 2.60. The molecule has 3 rings (SSSR count). The molecule has 1 amide bonds. The third-order valence-electron chi connectivity index (χ3n) is 5.33. The van der Waals surface area contributed by atoms with Crippen LogP contribution in [0.3, 0.4) is 0 Å². The number of carbonyl (C=O) groups is 1. The van der Waals surface area contributed by atoms with Crippen molar-refractivity contribution in [3.63, 3.8) is 0 Å². The van der Waals surface area contributed by atoms with Crippen LogP contribution < -0.4 is 5.32 Å². The number of hydrogen-bond donors (Lipinski definition) is 1. The van der Waals surface area contributed by atoms with E-state index < -0.39 is 15.8 Å². The number of rotatable bonds is 7. The molecule has 8 heteroatoms. The number of halogens is 1. The average Bonchev–Trinajstić information content (AvgIpc) is 2.73. The zero-order chi connectivity index (χ0) is 21.7. The number of hydrogen-bond acceptors (Lipinski definition) is 4. The minimum absolute atomic E-state index is 0.0477. The molecule has 1 N–H and O–H groups in total. The molecule has 0 atom stereocenters. The van der Waals surface area contributed by atoms with E-state index in [9.17, 15) is 17.6 Å². The molecule has 0 aromatic heterocycles. The summed E-state index contributed by atoms with van der Waals surface area (Å²) in [4.78, 5) is 14.8. The molecule has 0 saturated carbocycles. The summed E-state index contributed by atoms with van der Waals surface area (Å²) >= 11 is 0. The zero-order valence-electron chi connectivity index (χ0n) is 17.3. The van der Waals surface area contributed by atoms with Gasteiger partial charge >= 0.3 is 0 Å². The van der Waals surface area contributed by atoms with Crippen LogP contribution in [-0.2, 0) is 27.9 Å². The highest BCUT2D eigenvalue weighted by molar-refractivity contribution is 7.89. The molecule has 0 radical (unpaired) electrons. The molecule has 1 aliphatic rings. The van der Waals surface area contributed by atoms with Crippen molar-refractivity contribution in [2.75, 3.05) is 27.2 Å². The molecule has 1 saturated heterocycles. The maximum atomic E-state index is 13.1. The lowest BCUT2D eigenvalue weighted by Gasteiger charge is -2.30. The van der Waals surface area contributed by atoms with Gasteiger partial charge in [-0.05, 0) is 62.3 Å². The molecule has 2 aromatic carbocycles. The third kappa shape index (κ3) is 5.44. The molecule has 0 unspecified atom stereocenters. The Labute approximate surface area is 177 Å². The number of benzene rings is 2. The van der Waals surface area contributed by atoms with Crippen LogP contribution in [0.2, 0.25) is 0 Å². The third-order valence-corrected chi connectivity index (χ3v) is 7.25. The lowest BCUT2D eigenvalue weighted by Crippen LogP contribution is -2.42. The van der Waals surface area contributed by atoms with Gasteiger partial charge in [-0.25, -0.2) is 12.8 Å². The Morgan fingerprint density at radius 1 is 1.07 bits per heavy atom. The Morgan fingerprint density at radius 2 is 1.67 bits per heavy atom. The zero-order valence-corrected chi connectivity index (χ0v) is 18.2. The van der Waals surface area contributed by atoms with Gasteiger partial charge in [-0.1, -0.05) is 24.3 Å². The quantitative estimate of drug-likeness (QED) is 0.729. The highest BCUT2D eigenvalue weighted by Crippen LogP contribution is 2.24. The van der Waals surface area contributed by atoms with Crippen molar-refractivity contribution in [3.8, 4) is 0 Å². The second kappa shape index (κ2) is 9.68. The lowest BCUT2D eigenvalue weighted by molar-refractivity contribution is -0.126. The molecular formula is C22H28FN3O3S. The van der Waals surface area contributed by atoms with Crippen molar-refractivity contribution in [3.05, 3.63) is 65.5 Å². The van der Waals surface area contributed by atoms with Crippen LogP contribution >= 0.6 is 0 Å². The molecule has 6 nitrogen and oxygen atoms in total. The van der Waals surface area contributed by atoms with Gasteiger partial charge in [0.25, 0.3) is 0 Å². The van der Waals surface area contributed by atoms with Crippen molar-refractivity contribution in [1.29, 1.82) is 0 Å². The van der Waals surface area contributed by atoms with Crippen LogP contribution in [0.25, 0.3) is 0 Å². The molecule has 1 fully saturated rings. The van der Waals surface area contributed by atoms with Gasteiger partial charge in [0.05, 0.1) is 4.90 Å². The fourth-order valence-corrected chi connectivity index (χ4v) is 5.14. The van der Waals surface area contributed by atoms with E-state index in [1.807, 2.05) is 32.3 Å². The smallest absolute Gasteiger partial charge is 0.243 e. The summed E-state index contributed by atoms with van der Waals surface area (Å²) in [5.41, 5.74) is 2.25. The fraction of sp³-hybridized carbons (Fsp3) is 0.409. The summed E-state index contributed by atoms with van der Waals surface area (Å²) in [5, 5.41) is 3.01. The molecule has 1 heterocycles. The van der Waals surface area contributed by atoms with E-state index in [4.69, 9.17) is 0 Å². The Bertz CT molecular complexity index is 969. The van der Waals surface area contributed by atoms with Crippen molar-refractivity contribution in [1.82, 2.24) is 14.5 Å². The summed E-state index contributed by atoms with van der Waals surface area (Å²) in [6.45, 7) is 1.80. The first-order valence-electron chi connectivity index (χ1n) is 10.0. The second-order valence-electron chi connectivity index (χ2n) is 7.86. The van der Waals surface area contributed by atoms with Gasteiger partial charge in [0.15, 0.2) is 0 Å². The number of nitrogens with zero attached hydrogens (tertiary/aromatic N) is 2. The summed E-state index contributed by atoms with van der Waals surface area (Å²) in [6.07, 6.45) is 0.928. The van der Waals surface area contributed by atoms with Gasteiger partial charge < -0.3 is 10.2 Å². The van der Waals surface area contributed by atoms with Gasteiger partial charge in [-0.15, -0.1) is 0 Å². The predicted molar refractivity (Wildman–Crippen MR) is 114 cm³/mol. The Hall–Kier alpha value is -2.29. The van der Waals surface area contributed by atoms with Gasteiger partial charge in [0.2, 0.25) is 15.9 Å². The molecule has 2 aromatic rings. The van der Waals surface area contributed by atoms with Gasteiger partial charge in [-0.2, -0.15) is 4.31 Å². The van der Waals surface area contributed by atoms with Gasteiger partial charge in [-0.3, -0.25) is 4.79 Å². The first-order chi connectivity index (χ1) is 14.3. The van der Waals surface area contributed by atoms with E-state index in [0.717, 1.165) is 24.2 Å². The van der Waals surface area contributed by atoms with E-state index in [0.29, 0.717) is 19.4 Å².